The molecule has 0 spiro atoms. The fourth-order valence-electron chi connectivity index (χ4n) is 1.66. The van der Waals surface area contributed by atoms with Gasteiger partial charge in [-0.1, -0.05) is 6.92 Å². The Kier molecular flexibility index (Phi) is 4.82. The standard InChI is InChI=1S/C14H12BrF3N2O/c1-2-3-12-19-11(15)8-13(20-12)21-10-6-4-9(5-7-10)14(16,17)18/h4-8H,2-3H2,1H3. The van der Waals surface area contributed by atoms with E-state index < -0.39 is 11.7 Å². The number of nitrogens with zero attached hydrogens (tertiary/aromatic N) is 2. The molecule has 0 aliphatic heterocycles. The summed E-state index contributed by atoms with van der Waals surface area (Å²) in [6, 6.07) is 6.03. The summed E-state index contributed by atoms with van der Waals surface area (Å²) in [5, 5.41) is 0. The Morgan fingerprint density at radius 1 is 1.14 bits per heavy atom. The van der Waals surface area contributed by atoms with E-state index in [0.717, 1.165) is 18.6 Å². The van der Waals surface area contributed by atoms with E-state index in [1.165, 1.54) is 12.1 Å². The number of halogens is 4. The van der Waals surface area contributed by atoms with Crippen molar-refractivity contribution in [2.24, 2.45) is 0 Å². The van der Waals surface area contributed by atoms with Gasteiger partial charge in [0.2, 0.25) is 5.88 Å². The number of hydrogen-bond donors (Lipinski definition) is 0. The largest absolute Gasteiger partial charge is 0.439 e. The van der Waals surface area contributed by atoms with Crippen molar-refractivity contribution in [2.45, 2.75) is 25.9 Å². The molecule has 0 atom stereocenters. The second-order valence-electron chi connectivity index (χ2n) is 4.32. The Morgan fingerprint density at radius 3 is 2.38 bits per heavy atom. The molecular formula is C14H12BrF3N2O. The first-order chi connectivity index (χ1) is 9.88. The summed E-state index contributed by atoms with van der Waals surface area (Å²) in [7, 11) is 0. The topological polar surface area (TPSA) is 35.0 Å². The van der Waals surface area contributed by atoms with Gasteiger partial charge < -0.3 is 4.74 Å². The predicted octanol–water partition coefficient (Wildman–Crippen LogP) is 5.00. The molecule has 0 saturated heterocycles. The monoisotopic (exact) mass is 360 g/mol. The van der Waals surface area contributed by atoms with Crippen LogP contribution in [0.25, 0.3) is 0 Å². The maximum Gasteiger partial charge on any atom is 0.416 e. The molecule has 1 aromatic carbocycles. The summed E-state index contributed by atoms with van der Waals surface area (Å²) in [6.07, 6.45) is -2.77. The van der Waals surface area contributed by atoms with Crippen LogP contribution in [0.2, 0.25) is 0 Å². The molecule has 0 aliphatic rings. The van der Waals surface area contributed by atoms with Gasteiger partial charge in [-0.25, -0.2) is 4.98 Å². The fraction of sp³-hybridized carbons (Fsp3) is 0.286. The molecule has 112 valence electrons. The lowest BCUT2D eigenvalue weighted by Gasteiger charge is -2.09. The van der Waals surface area contributed by atoms with Crippen LogP contribution in [-0.2, 0) is 12.6 Å². The van der Waals surface area contributed by atoms with E-state index in [4.69, 9.17) is 4.74 Å². The molecule has 7 heteroatoms. The molecular weight excluding hydrogens is 349 g/mol. The average Bonchev–Trinajstić information content (AvgIpc) is 2.38. The molecule has 0 N–H and O–H groups in total. The van der Waals surface area contributed by atoms with Crippen molar-refractivity contribution in [3.05, 3.63) is 46.3 Å². The number of rotatable bonds is 4. The summed E-state index contributed by atoms with van der Waals surface area (Å²) in [6.45, 7) is 2.00. The van der Waals surface area contributed by atoms with Crippen molar-refractivity contribution >= 4 is 15.9 Å². The molecule has 1 heterocycles. The smallest absolute Gasteiger partial charge is 0.416 e. The third-order valence-electron chi connectivity index (χ3n) is 2.60. The minimum Gasteiger partial charge on any atom is -0.439 e. The second kappa shape index (κ2) is 6.43. The van der Waals surface area contributed by atoms with Crippen LogP contribution in [0, 0.1) is 0 Å². The van der Waals surface area contributed by atoms with E-state index in [2.05, 4.69) is 25.9 Å². The first kappa shape index (κ1) is 15.8. The number of ether oxygens (including phenoxy) is 1. The number of benzene rings is 1. The quantitative estimate of drug-likeness (QED) is 0.719. The van der Waals surface area contributed by atoms with Crippen molar-refractivity contribution in [1.82, 2.24) is 9.97 Å². The Bertz CT molecular complexity index is 615. The lowest BCUT2D eigenvalue weighted by molar-refractivity contribution is -0.137. The highest BCUT2D eigenvalue weighted by atomic mass is 79.9. The van der Waals surface area contributed by atoms with Crippen LogP contribution in [0.5, 0.6) is 11.6 Å². The predicted molar refractivity (Wildman–Crippen MR) is 75.2 cm³/mol. The molecule has 2 rings (SSSR count). The second-order valence-corrected chi connectivity index (χ2v) is 5.13. The molecule has 0 bridgehead atoms. The Morgan fingerprint density at radius 2 is 1.81 bits per heavy atom. The third-order valence-corrected chi connectivity index (χ3v) is 3.00. The van der Waals surface area contributed by atoms with Crippen molar-refractivity contribution < 1.29 is 17.9 Å². The minimum atomic E-state index is -4.36. The highest BCUT2D eigenvalue weighted by Crippen LogP contribution is 2.31. The molecule has 0 radical (unpaired) electrons. The van der Waals surface area contributed by atoms with Gasteiger partial charge in [-0.2, -0.15) is 18.2 Å². The van der Waals surface area contributed by atoms with Gasteiger partial charge in [0.05, 0.1) is 5.56 Å². The SMILES string of the molecule is CCCc1nc(Br)cc(Oc2ccc(C(F)(F)F)cc2)n1. The van der Waals surface area contributed by atoms with Gasteiger partial charge in [0.1, 0.15) is 16.2 Å². The zero-order valence-electron chi connectivity index (χ0n) is 11.1. The van der Waals surface area contributed by atoms with Gasteiger partial charge >= 0.3 is 6.18 Å². The van der Waals surface area contributed by atoms with Gasteiger partial charge in [-0.05, 0) is 46.6 Å². The summed E-state index contributed by atoms with van der Waals surface area (Å²) < 4.78 is 43.4. The van der Waals surface area contributed by atoms with Gasteiger partial charge in [0.25, 0.3) is 0 Å². The summed E-state index contributed by atoms with van der Waals surface area (Å²) in [4.78, 5) is 8.39. The Labute approximate surface area is 128 Å². The van der Waals surface area contributed by atoms with Crippen molar-refractivity contribution in [1.29, 1.82) is 0 Å². The van der Waals surface area contributed by atoms with Crippen LogP contribution in [0.4, 0.5) is 13.2 Å². The van der Waals surface area contributed by atoms with Crippen LogP contribution in [0.1, 0.15) is 24.7 Å². The molecule has 0 unspecified atom stereocenters. The Hall–Kier alpha value is -1.63. The highest BCUT2D eigenvalue weighted by Gasteiger charge is 2.30. The van der Waals surface area contributed by atoms with Crippen molar-refractivity contribution in [3.63, 3.8) is 0 Å². The molecule has 21 heavy (non-hydrogen) atoms. The van der Waals surface area contributed by atoms with Crippen LogP contribution < -0.4 is 4.74 Å². The van der Waals surface area contributed by atoms with Crippen LogP contribution in [-0.4, -0.2) is 9.97 Å². The average molecular weight is 361 g/mol. The van der Waals surface area contributed by atoms with Crippen molar-refractivity contribution in [2.75, 3.05) is 0 Å². The number of aromatic nitrogens is 2. The van der Waals surface area contributed by atoms with Crippen LogP contribution in [0.15, 0.2) is 34.9 Å². The van der Waals surface area contributed by atoms with Gasteiger partial charge in [-0.15, -0.1) is 0 Å². The highest BCUT2D eigenvalue weighted by molar-refractivity contribution is 9.10. The summed E-state index contributed by atoms with van der Waals surface area (Å²) in [5.74, 6) is 1.20. The van der Waals surface area contributed by atoms with E-state index in [9.17, 15) is 13.2 Å². The normalized spacial score (nSPS) is 11.5. The molecule has 2 aromatic rings. The van der Waals surface area contributed by atoms with E-state index in [0.29, 0.717) is 22.7 Å². The van der Waals surface area contributed by atoms with E-state index in [1.54, 1.807) is 6.07 Å². The number of alkyl halides is 3. The molecule has 0 fully saturated rings. The zero-order chi connectivity index (χ0) is 15.5. The fourth-order valence-corrected chi connectivity index (χ4v) is 2.06. The van der Waals surface area contributed by atoms with E-state index in [-0.39, 0.29) is 5.75 Å². The maximum atomic E-state index is 12.5. The zero-order valence-corrected chi connectivity index (χ0v) is 12.7. The maximum absolute atomic E-state index is 12.5. The van der Waals surface area contributed by atoms with Gasteiger partial charge in [-0.3, -0.25) is 0 Å². The van der Waals surface area contributed by atoms with Gasteiger partial charge in [0, 0.05) is 12.5 Å². The number of aryl methyl sites for hydroxylation is 1. The van der Waals surface area contributed by atoms with E-state index >= 15 is 0 Å². The molecule has 0 aliphatic carbocycles. The molecule has 0 saturated carbocycles. The lowest BCUT2D eigenvalue weighted by Crippen LogP contribution is -2.04. The van der Waals surface area contributed by atoms with Crippen molar-refractivity contribution in [3.8, 4) is 11.6 Å². The lowest BCUT2D eigenvalue weighted by atomic mass is 10.2. The first-order valence-electron chi connectivity index (χ1n) is 6.27. The third kappa shape index (κ3) is 4.42. The van der Waals surface area contributed by atoms with E-state index in [1.807, 2.05) is 6.92 Å². The van der Waals surface area contributed by atoms with Gasteiger partial charge in [0.15, 0.2) is 0 Å². The minimum absolute atomic E-state index is 0.288. The Balaban J connectivity index is 2.18. The summed E-state index contributed by atoms with van der Waals surface area (Å²) in [5.41, 5.74) is -0.717. The summed E-state index contributed by atoms with van der Waals surface area (Å²) >= 11 is 3.25. The molecule has 3 nitrogen and oxygen atoms in total. The molecule has 0 amide bonds. The van der Waals surface area contributed by atoms with Crippen LogP contribution in [0.3, 0.4) is 0 Å². The first-order valence-corrected chi connectivity index (χ1v) is 7.06. The molecule has 1 aromatic heterocycles. The van der Waals surface area contributed by atoms with Crippen LogP contribution >= 0.6 is 15.9 Å². The number of hydrogen-bond acceptors (Lipinski definition) is 3.